The van der Waals surface area contributed by atoms with Crippen LogP contribution >= 0.6 is 0 Å². The third kappa shape index (κ3) is 4.87. The van der Waals surface area contributed by atoms with Gasteiger partial charge in [0.1, 0.15) is 11.4 Å². The second kappa shape index (κ2) is 5.60. The van der Waals surface area contributed by atoms with E-state index < -0.39 is 17.7 Å². The van der Waals surface area contributed by atoms with Crippen LogP contribution in [-0.2, 0) is 9.47 Å². The highest BCUT2D eigenvalue weighted by atomic mass is 16.6. The first-order chi connectivity index (χ1) is 8.71. The highest BCUT2D eigenvalue weighted by Crippen LogP contribution is 2.21. The molecule has 0 atom stereocenters. The molecule has 0 aliphatic carbocycles. The average Bonchev–Trinajstić information content (AvgIpc) is 2.24. The molecule has 0 radical (unpaired) electrons. The molecule has 0 heterocycles. The fourth-order valence-electron chi connectivity index (χ4n) is 1.34. The number of phenols is 1. The van der Waals surface area contributed by atoms with Crippen molar-refractivity contribution in [2.75, 3.05) is 12.4 Å². The number of carbonyl (C=O) groups excluding carboxylic acids is 2. The maximum absolute atomic E-state index is 11.6. The van der Waals surface area contributed by atoms with E-state index in [0.29, 0.717) is 0 Å². The van der Waals surface area contributed by atoms with Crippen molar-refractivity contribution in [3.63, 3.8) is 0 Å². The Balaban J connectivity index is 2.87. The third-order valence-corrected chi connectivity index (χ3v) is 1.98. The van der Waals surface area contributed by atoms with Gasteiger partial charge in [-0.15, -0.1) is 0 Å². The van der Waals surface area contributed by atoms with Crippen LogP contribution in [0.2, 0.25) is 0 Å². The molecule has 1 amide bonds. The number of carbonyl (C=O) groups is 2. The number of anilines is 1. The average molecular weight is 267 g/mol. The van der Waals surface area contributed by atoms with Crippen LogP contribution in [0.5, 0.6) is 5.75 Å². The minimum Gasteiger partial charge on any atom is -0.508 e. The van der Waals surface area contributed by atoms with Gasteiger partial charge in [-0.1, -0.05) is 0 Å². The van der Waals surface area contributed by atoms with E-state index in [-0.39, 0.29) is 17.0 Å². The summed E-state index contributed by atoms with van der Waals surface area (Å²) in [6, 6.07) is 3.93. The van der Waals surface area contributed by atoms with E-state index in [1.165, 1.54) is 25.3 Å². The standard InChI is InChI=1S/C13H17NO5/c1-13(2,3)19-12(17)14-9-5-8(11(16)18-4)6-10(15)7-9/h5-7,15H,1-4H3,(H,14,17). The molecule has 0 aliphatic heterocycles. The van der Waals surface area contributed by atoms with Gasteiger partial charge in [-0.3, -0.25) is 5.32 Å². The van der Waals surface area contributed by atoms with Gasteiger partial charge < -0.3 is 14.6 Å². The van der Waals surface area contributed by atoms with Crippen LogP contribution in [0, 0.1) is 0 Å². The van der Waals surface area contributed by atoms with Gasteiger partial charge in [0.25, 0.3) is 0 Å². The highest BCUT2D eigenvalue weighted by molar-refractivity contribution is 5.93. The van der Waals surface area contributed by atoms with Crippen LogP contribution in [0.15, 0.2) is 18.2 Å². The van der Waals surface area contributed by atoms with Crippen LogP contribution < -0.4 is 5.32 Å². The van der Waals surface area contributed by atoms with E-state index in [9.17, 15) is 14.7 Å². The van der Waals surface area contributed by atoms with E-state index in [2.05, 4.69) is 10.1 Å². The first-order valence-electron chi connectivity index (χ1n) is 5.63. The van der Waals surface area contributed by atoms with Crippen molar-refractivity contribution >= 4 is 17.7 Å². The summed E-state index contributed by atoms with van der Waals surface area (Å²) >= 11 is 0. The van der Waals surface area contributed by atoms with Gasteiger partial charge in [-0.2, -0.15) is 0 Å². The molecule has 104 valence electrons. The SMILES string of the molecule is COC(=O)c1cc(O)cc(NC(=O)OC(C)(C)C)c1. The first kappa shape index (κ1) is 14.8. The zero-order valence-electron chi connectivity index (χ0n) is 11.3. The van der Waals surface area contributed by atoms with Crippen molar-refractivity contribution in [1.29, 1.82) is 0 Å². The molecule has 1 aromatic carbocycles. The summed E-state index contributed by atoms with van der Waals surface area (Å²) in [4.78, 5) is 22.9. The van der Waals surface area contributed by atoms with E-state index in [0.717, 1.165) is 0 Å². The zero-order chi connectivity index (χ0) is 14.6. The van der Waals surface area contributed by atoms with Crippen LogP contribution in [0.4, 0.5) is 10.5 Å². The largest absolute Gasteiger partial charge is 0.508 e. The Morgan fingerprint density at radius 2 is 1.84 bits per heavy atom. The van der Waals surface area contributed by atoms with Gasteiger partial charge in [0.2, 0.25) is 0 Å². The van der Waals surface area contributed by atoms with Crippen LogP contribution in [0.3, 0.4) is 0 Å². The number of ether oxygens (including phenoxy) is 2. The summed E-state index contributed by atoms with van der Waals surface area (Å²) in [5.41, 5.74) is -0.255. The van der Waals surface area contributed by atoms with E-state index >= 15 is 0 Å². The van der Waals surface area contributed by atoms with Crippen molar-refractivity contribution in [1.82, 2.24) is 0 Å². The minimum atomic E-state index is -0.672. The van der Waals surface area contributed by atoms with E-state index in [1.807, 2.05) is 0 Å². The molecule has 19 heavy (non-hydrogen) atoms. The maximum Gasteiger partial charge on any atom is 0.412 e. The van der Waals surface area contributed by atoms with Crippen LogP contribution in [0.25, 0.3) is 0 Å². The molecule has 0 saturated heterocycles. The quantitative estimate of drug-likeness (QED) is 0.804. The van der Waals surface area contributed by atoms with Crippen molar-refractivity contribution in [3.05, 3.63) is 23.8 Å². The Bertz CT molecular complexity index is 490. The van der Waals surface area contributed by atoms with Crippen molar-refractivity contribution in [2.24, 2.45) is 0 Å². The molecule has 1 aromatic rings. The lowest BCUT2D eigenvalue weighted by Gasteiger charge is -2.19. The lowest BCUT2D eigenvalue weighted by Crippen LogP contribution is -2.27. The summed E-state index contributed by atoms with van der Waals surface area (Å²) in [7, 11) is 1.23. The summed E-state index contributed by atoms with van der Waals surface area (Å²) < 4.78 is 9.60. The number of rotatable bonds is 2. The Labute approximate surface area is 111 Å². The fraction of sp³-hybridized carbons (Fsp3) is 0.385. The second-order valence-corrected chi connectivity index (χ2v) is 4.89. The van der Waals surface area contributed by atoms with Crippen molar-refractivity contribution in [3.8, 4) is 5.75 Å². The normalized spacial score (nSPS) is 10.7. The smallest absolute Gasteiger partial charge is 0.412 e. The molecular weight excluding hydrogens is 250 g/mol. The number of amides is 1. The molecule has 0 fully saturated rings. The molecule has 2 N–H and O–H groups in total. The Morgan fingerprint density at radius 1 is 1.21 bits per heavy atom. The van der Waals surface area contributed by atoms with Gasteiger partial charge in [-0.25, -0.2) is 9.59 Å². The highest BCUT2D eigenvalue weighted by Gasteiger charge is 2.17. The number of hydrogen-bond donors (Lipinski definition) is 2. The van der Waals surface area contributed by atoms with Crippen LogP contribution in [-0.4, -0.2) is 29.9 Å². The molecule has 0 spiro atoms. The number of hydrogen-bond acceptors (Lipinski definition) is 5. The zero-order valence-corrected chi connectivity index (χ0v) is 11.3. The maximum atomic E-state index is 11.6. The Morgan fingerprint density at radius 3 is 2.37 bits per heavy atom. The topological polar surface area (TPSA) is 84.9 Å². The number of esters is 1. The minimum absolute atomic E-state index is 0.133. The Kier molecular flexibility index (Phi) is 4.37. The number of methoxy groups -OCH3 is 1. The number of nitrogens with one attached hydrogen (secondary N) is 1. The summed E-state index contributed by atoms with van der Waals surface area (Å²) in [6.07, 6.45) is -0.672. The fourth-order valence-corrected chi connectivity index (χ4v) is 1.34. The Hall–Kier alpha value is -2.24. The molecule has 6 heteroatoms. The summed E-state index contributed by atoms with van der Waals surface area (Å²) in [6.45, 7) is 5.19. The third-order valence-electron chi connectivity index (χ3n) is 1.98. The van der Waals surface area contributed by atoms with Gasteiger partial charge in [-0.05, 0) is 32.9 Å². The molecule has 0 aromatic heterocycles. The summed E-state index contributed by atoms with van der Waals surface area (Å²) in [5.74, 6) is -0.767. The second-order valence-electron chi connectivity index (χ2n) is 4.89. The first-order valence-corrected chi connectivity index (χ1v) is 5.63. The lowest BCUT2D eigenvalue weighted by atomic mass is 10.2. The van der Waals surface area contributed by atoms with Crippen LogP contribution in [0.1, 0.15) is 31.1 Å². The predicted octanol–water partition coefficient (Wildman–Crippen LogP) is 2.53. The monoisotopic (exact) mass is 267 g/mol. The predicted molar refractivity (Wildman–Crippen MR) is 69.3 cm³/mol. The number of benzene rings is 1. The van der Waals surface area contributed by atoms with Gasteiger partial charge in [0.05, 0.1) is 12.7 Å². The summed E-state index contributed by atoms with van der Waals surface area (Å²) in [5, 5.41) is 11.9. The molecule has 6 nitrogen and oxygen atoms in total. The molecular formula is C13H17NO5. The molecule has 0 bridgehead atoms. The molecule has 1 rings (SSSR count). The number of aromatic hydroxyl groups is 1. The lowest BCUT2D eigenvalue weighted by molar-refractivity contribution is 0.0596. The van der Waals surface area contributed by atoms with Crippen molar-refractivity contribution in [2.45, 2.75) is 26.4 Å². The molecule has 0 saturated carbocycles. The molecule has 0 aliphatic rings. The van der Waals surface area contributed by atoms with E-state index in [4.69, 9.17) is 4.74 Å². The van der Waals surface area contributed by atoms with Gasteiger partial charge in [0, 0.05) is 11.8 Å². The van der Waals surface area contributed by atoms with Gasteiger partial charge in [0.15, 0.2) is 0 Å². The van der Waals surface area contributed by atoms with Gasteiger partial charge >= 0.3 is 12.1 Å². The van der Waals surface area contributed by atoms with Crippen molar-refractivity contribution < 1.29 is 24.2 Å². The number of phenolic OH excluding ortho intramolecular Hbond substituents is 1. The molecule has 0 unspecified atom stereocenters. The van der Waals surface area contributed by atoms with E-state index in [1.54, 1.807) is 20.8 Å².